The Labute approximate surface area is 160 Å². The average molecular weight is 394 g/mol. The Morgan fingerprint density at radius 3 is 2.12 bits per heavy atom. The molecule has 0 aliphatic carbocycles. The molecule has 0 saturated carbocycles. The number of hydrogen-bond donors (Lipinski definition) is 0. The fourth-order valence-corrected chi connectivity index (χ4v) is 3.46. The molecule has 0 bridgehead atoms. The van der Waals surface area contributed by atoms with Gasteiger partial charge in [0, 0.05) is 29.6 Å². The minimum absolute atomic E-state index is 0.128. The van der Waals surface area contributed by atoms with Gasteiger partial charge in [0.25, 0.3) is 0 Å². The van der Waals surface area contributed by atoms with Gasteiger partial charge in [-0.2, -0.15) is 0 Å². The third kappa shape index (κ3) is 4.93. The summed E-state index contributed by atoms with van der Waals surface area (Å²) in [6.07, 6.45) is -0.487. The molecule has 7 heteroatoms. The molecule has 0 radical (unpaired) electrons. The van der Waals surface area contributed by atoms with Gasteiger partial charge >= 0.3 is 6.09 Å². The monoisotopic (exact) mass is 393 g/mol. The number of ketones is 1. The van der Waals surface area contributed by atoms with E-state index >= 15 is 0 Å². The second-order valence-electron chi connectivity index (χ2n) is 6.07. The number of amides is 1. The Morgan fingerprint density at radius 2 is 1.62 bits per heavy atom. The van der Waals surface area contributed by atoms with Gasteiger partial charge in [-0.25, -0.2) is 4.79 Å². The molecular formula is C19H20ClNO4S. The van der Waals surface area contributed by atoms with Gasteiger partial charge in [-0.05, 0) is 61.4 Å². The van der Waals surface area contributed by atoms with Crippen molar-refractivity contribution in [2.75, 3.05) is 19.8 Å². The Bertz CT molecular complexity index is 839. The molecule has 138 valence electrons. The molecule has 0 heterocycles. The largest absolute Gasteiger partial charge is 0.414 e. The van der Waals surface area contributed by atoms with E-state index in [0.717, 1.165) is 0 Å². The van der Waals surface area contributed by atoms with Crippen LogP contribution < -0.4 is 4.74 Å². The summed E-state index contributed by atoms with van der Waals surface area (Å²) in [6.45, 7) is 3.52. The van der Waals surface area contributed by atoms with Crippen LogP contribution in [-0.2, 0) is 10.8 Å². The number of Topliss-reactive ketones (excluding diaryl/α,β-unsaturated/α-hetero) is 1. The van der Waals surface area contributed by atoms with Crippen LogP contribution in [0.15, 0.2) is 41.3 Å². The summed E-state index contributed by atoms with van der Waals surface area (Å²) in [6, 6.07) is 9.86. The van der Waals surface area contributed by atoms with E-state index in [1.165, 1.54) is 4.90 Å². The maximum atomic E-state index is 12.5. The Morgan fingerprint density at radius 1 is 1.08 bits per heavy atom. The number of ether oxygens (including phenoxy) is 1. The number of rotatable bonds is 5. The number of carbonyl (C=O) groups is 2. The number of aryl methyl sites for hydroxylation is 2. The van der Waals surface area contributed by atoms with Gasteiger partial charge in [0.15, 0.2) is 5.78 Å². The van der Waals surface area contributed by atoms with Crippen LogP contribution in [-0.4, -0.2) is 40.8 Å². The maximum Gasteiger partial charge on any atom is 0.414 e. The first-order valence-electron chi connectivity index (χ1n) is 7.86. The summed E-state index contributed by atoms with van der Waals surface area (Å²) in [4.78, 5) is 26.1. The predicted molar refractivity (Wildman–Crippen MR) is 103 cm³/mol. The highest BCUT2D eigenvalue weighted by Crippen LogP contribution is 2.26. The number of benzene rings is 2. The number of carbonyl (C=O) groups excluding carboxylic acids is 2. The van der Waals surface area contributed by atoms with Crippen LogP contribution in [0.3, 0.4) is 0 Å². The van der Waals surface area contributed by atoms with Crippen molar-refractivity contribution in [2.24, 2.45) is 0 Å². The topological polar surface area (TPSA) is 63.7 Å². The van der Waals surface area contributed by atoms with Crippen molar-refractivity contribution in [2.45, 2.75) is 18.7 Å². The zero-order valence-electron chi connectivity index (χ0n) is 15.0. The second-order valence-corrected chi connectivity index (χ2v) is 7.96. The standard InChI is InChI=1S/C19H20ClNO4S/c1-12-9-14(10-13(2)18(12)25-19(23)21(3)4)17(22)11-26(24)16-7-5-15(20)6-8-16/h5-10H,11H2,1-4H3/t26-/m0/s1. The van der Waals surface area contributed by atoms with E-state index < -0.39 is 16.9 Å². The van der Waals surface area contributed by atoms with Crippen molar-refractivity contribution in [1.82, 2.24) is 4.90 Å². The second kappa shape index (κ2) is 8.47. The lowest BCUT2D eigenvalue weighted by molar-refractivity contribution is 0.102. The summed E-state index contributed by atoms with van der Waals surface area (Å²) in [5.41, 5.74) is 1.77. The summed E-state index contributed by atoms with van der Waals surface area (Å²) in [5.74, 6) is 0.0613. The first kappa shape index (κ1) is 20.1. The van der Waals surface area contributed by atoms with Crippen LogP contribution in [0.25, 0.3) is 0 Å². The van der Waals surface area contributed by atoms with Crippen molar-refractivity contribution in [3.8, 4) is 5.75 Å². The molecule has 0 aliphatic heterocycles. The number of halogens is 1. The molecule has 0 aliphatic rings. The molecular weight excluding hydrogens is 374 g/mol. The van der Waals surface area contributed by atoms with Gasteiger partial charge in [-0.3, -0.25) is 9.00 Å². The molecule has 2 aromatic carbocycles. The number of nitrogens with zero attached hydrogens (tertiary/aromatic N) is 1. The predicted octanol–water partition coefficient (Wildman–Crippen LogP) is 4.01. The van der Waals surface area contributed by atoms with Gasteiger partial charge in [0.05, 0.1) is 16.6 Å². The quantitative estimate of drug-likeness (QED) is 0.720. The number of hydrogen-bond acceptors (Lipinski definition) is 4. The lowest BCUT2D eigenvalue weighted by Crippen LogP contribution is -2.26. The third-order valence-corrected chi connectivity index (χ3v) is 5.25. The molecule has 1 atom stereocenters. The van der Waals surface area contributed by atoms with E-state index in [0.29, 0.717) is 32.4 Å². The molecule has 0 spiro atoms. The van der Waals surface area contributed by atoms with Crippen molar-refractivity contribution in [3.63, 3.8) is 0 Å². The zero-order chi connectivity index (χ0) is 19.4. The van der Waals surface area contributed by atoms with Crippen molar-refractivity contribution >= 4 is 34.3 Å². The molecule has 0 saturated heterocycles. The lowest BCUT2D eigenvalue weighted by atomic mass is 10.0. The van der Waals surface area contributed by atoms with Crippen LogP contribution in [0, 0.1) is 13.8 Å². The third-order valence-electron chi connectivity index (χ3n) is 3.68. The Hall–Kier alpha value is -2.18. The zero-order valence-corrected chi connectivity index (χ0v) is 16.6. The lowest BCUT2D eigenvalue weighted by Gasteiger charge is -2.15. The van der Waals surface area contributed by atoms with Gasteiger partial charge in [-0.1, -0.05) is 11.6 Å². The maximum absolute atomic E-state index is 12.5. The Balaban J connectivity index is 2.18. The normalized spacial score (nSPS) is 11.7. The highest BCUT2D eigenvalue weighted by molar-refractivity contribution is 7.85. The fourth-order valence-electron chi connectivity index (χ4n) is 2.32. The smallest absolute Gasteiger partial charge is 0.410 e. The Kier molecular flexibility index (Phi) is 6.56. The summed E-state index contributed by atoms with van der Waals surface area (Å²) >= 11 is 5.82. The van der Waals surface area contributed by atoms with Crippen molar-refractivity contribution < 1.29 is 18.5 Å². The minimum atomic E-state index is -1.46. The van der Waals surface area contributed by atoms with Crippen LogP contribution in [0.5, 0.6) is 5.75 Å². The fraction of sp³-hybridized carbons (Fsp3) is 0.263. The molecule has 1 amide bonds. The van der Waals surface area contributed by atoms with E-state index in [9.17, 15) is 13.8 Å². The molecule has 2 rings (SSSR count). The summed E-state index contributed by atoms with van der Waals surface area (Å²) in [7, 11) is 1.73. The molecule has 0 unspecified atom stereocenters. The van der Waals surface area contributed by atoms with Gasteiger partial charge < -0.3 is 9.64 Å². The van der Waals surface area contributed by atoms with E-state index in [-0.39, 0.29) is 11.5 Å². The van der Waals surface area contributed by atoms with Crippen LogP contribution in [0.4, 0.5) is 4.79 Å². The molecule has 2 aromatic rings. The summed E-state index contributed by atoms with van der Waals surface area (Å²) in [5, 5.41) is 0.547. The van der Waals surface area contributed by atoms with E-state index in [4.69, 9.17) is 16.3 Å². The highest BCUT2D eigenvalue weighted by atomic mass is 35.5. The van der Waals surface area contributed by atoms with Crippen molar-refractivity contribution in [3.05, 3.63) is 58.1 Å². The van der Waals surface area contributed by atoms with E-state index in [1.54, 1.807) is 64.3 Å². The van der Waals surface area contributed by atoms with Crippen molar-refractivity contribution in [1.29, 1.82) is 0 Å². The van der Waals surface area contributed by atoms with Gasteiger partial charge in [-0.15, -0.1) is 0 Å². The van der Waals surface area contributed by atoms with Crippen LogP contribution in [0.2, 0.25) is 5.02 Å². The van der Waals surface area contributed by atoms with E-state index in [1.807, 2.05) is 0 Å². The minimum Gasteiger partial charge on any atom is -0.410 e. The first-order chi connectivity index (χ1) is 12.2. The highest BCUT2D eigenvalue weighted by Gasteiger charge is 2.17. The first-order valence-corrected chi connectivity index (χ1v) is 9.56. The average Bonchev–Trinajstić information content (AvgIpc) is 2.57. The summed E-state index contributed by atoms with van der Waals surface area (Å²) < 4.78 is 17.7. The molecule has 0 N–H and O–H groups in total. The van der Waals surface area contributed by atoms with Gasteiger partial charge in [0.1, 0.15) is 5.75 Å². The SMILES string of the molecule is Cc1cc(C(=O)C[S@](=O)c2ccc(Cl)cc2)cc(C)c1OC(=O)N(C)C. The van der Waals surface area contributed by atoms with Crippen LogP contribution in [0.1, 0.15) is 21.5 Å². The van der Waals surface area contributed by atoms with Gasteiger partial charge in [0.2, 0.25) is 0 Å². The van der Waals surface area contributed by atoms with Crippen LogP contribution >= 0.6 is 11.6 Å². The molecule has 5 nitrogen and oxygen atoms in total. The molecule has 0 fully saturated rings. The molecule has 0 aromatic heterocycles. The molecule has 26 heavy (non-hydrogen) atoms. The van der Waals surface area contributed by atoms with E-state index in [2.05, 4.69) is 0 Å².